The second-order valence-electron chi connectivity index (χ2n) is 6.88. The van der Waals surface area contributed by atoms with Crippen molar-refractivity contribution in [2.75, 3.05) is 13.1 Å². The Bertz CT molecular complexity index is 723. The average Bonchev–Trinajstić information content (AvgIpc) is 3.04. The van der Waals surface area contributed by atoms with Gasteiger partial charge < -0.3 is 5.32 Å². The molecular formula is C18H25FN2O3S. The Balaban J connectivity index is 1.95. The first-order valence-electron chi connectivity index (χ1n) is 9.05. The molecule has 0 aromatic heterocycles. The molecule has 2 fully saturated rings. The maximum atomic E-state index is 13.6. The molecule has 1 aromatic carbocycles. The lowest BCUT2D eigenvalue weighted by Gasteiger charge is -2.31. The molecule has 1 aliphatic carbocycles. The number of hydrogen-bond acceptors (Lipinski definition) is 3. The van der Waals surface area contributed by atoms with Crippen LogP contribution in [0.25, 0.3) is 0 Å². The molecule has 138 valence electrons. The van der Waals surface area contributed by atoms with Crippen LogP contribution in [0.2, 0.25) is 0 Å². The third kappa shape index (κ3) is 4.03. The molecular weight excluding hydrogens is 343 g/mol. The van der Waals surface area contributed by atoms with Gasteiger partial charge in [0.1, 0.15) is 5.82 Å². The summed E-state index contributed by atoms with van der Waals surface area (Å²) in [5, 5.41) is 2.95. The first kappa shape index (κ1) is 18.3. The van der Waals surface area contributed by atoms with Gasteiger partial charge in [0.2, 0.25) is 15.9 Å². The summed E-state index contributed by atoms with van der Waals surface area (Å²) in [5.74, 6) is -0.940. The van der Waals surface area contributed by atoms with E-state index in [1.807, 2.05) is 0 Å². The van der Waals surface area contributed by atoms with Gasteiger partial charge in [0.25, 0.3) is 0 Å². The van der Waals surface area contributed by atoms with Gasteiger partial charge in [-0.3, -0.25) is 4.79 Å². The van der Waals surface area contributed by atoms with E-state index in [1.54, 1.807) is 0 Å². The molecule has 5 nitrogen and oxygen atoms in total. The van der Waals surface area contributed by atoms with Crippen molar-refractivity contribution >= 4 is 15.9 Å². The molecule has 2 aliphatic rings. The van der Waals surface area contributed by atoms with Crippen LogP contribution in [0, 0.1) is 11.7 Å². The number of rotatable bonds is 2. The highest BCUT2D eigenvalue weighted by Gasteiger charge is 2.42. The predicted octanol–water partition coefficient (Wildman–Crippen LogP) is 2.68. The van der Waals surface area contributed by atoms with Gasteiger partial charge in [0.05, 0.1) is 10.8 Å². The van der Waals surface area contributed by atoms with E-state index in [2.05, 4.69) is 5.32 Å². The third-order valence-electron chi connectivity index (χ3n) is 5.19. The summed E-state index contributed by atoms with van der Waals surface area (Å²) in [6, 6.07) is 4.79. The lowest BCUT2D eigenvalue weighted by molar-refractivity contribution is -0.125. The van der Waals surface area contributed by atoms with Crippen LogP contribution in [0.3, 0.4) is 0 Å². The van der Waals surface area contributed by atoms with Crippen molar-refractivity contribution in [1.82, 2.24) is 9.62 Å². The van der Waals surface area contributed by atoms with Crippen LogP contribution >= 0.6 is 0 Å². The number of sulfonamides is 1. The van der Waals surface area contributed by atoms with Gasteiger partial charge in [-0.1, -0.05) is 25.3 Å². The van der Waals surface area contributed by atoms with Crippen LogP contribution in [0.15, 0.2) is 29.2 Å². The van der Waals surface area contributed by atoms with E-state index >= 15 is 0 Å². The van der Waals surface area contributed by atoms with Crippen molar-refractivity contribution in [2.24, 2.45) is 5.92 Å². The second kappa shape index (κ2) is 7.83. The summed E-state index contributed by atoms with van der Waals surface area (Å²) in [6.07, 6.45) is 5.76. The van der Waals surface area contributed by atoms with E-state index < -0.39 is 15.8 Å². The Morgan fingerprint density at radius 3 is 2.68 bits per heavy atom. The molecule has 2 atom stereocenters. The standard InChI is InChI=1S/C18H25FN2O3S/c19-14-7-5-8-15(13-14)25(23,24)21-12-4-2-1-3-11-20-18(22)16-9-6-10-17(16)21/h5,7-8,13,16-17H,1-4,6,9-12H2,(H,20,22)/t16-,17+/m1/s1. The quantitative estimate of drug-likeness (QED) is 0.873. The molecule has 1 saturated carbocycles. The Kier molecular flexibility index (Phi) is 5.74. The number of halogens is 1. The van der Waals surface area contributed by atoms with Crippen molar-refractivity contribution in [3.63, 3.8) is 0 Å². The molecule has 0 spiro atoms. The molecule has 7 heteroatoms. The Morgan fingerprint density at radius 1 is 1.08 bits per heavy atom. The lowest BCUT2D eigenvalue weighted by Crippen LogP contribution is -2.47. The molecule has 1 saturated heterocycles. The fourth-order valence-electron chi connectivity index (χ4n) is 3.91. The number of nitrogens with one attached hydrogen (secondary N) is 1. The Morgan fingerprint density at radius 2 is 1.88 bits per heavy atom. The van der Waals surface area contributed by atoms with Crippen molar-refractivity contribution in [3.8, 4) is 0 Å². The normalized spacial score (nSPS) is 26.5. The van der Waals surface area contributed by atoms with Crippen molar-refractivity contribution in [2.45, 2.75) is 55.9 Å². The summed E-state index contributed by atoms with van der Waals surface area (Å²) in [4.78, 5) is 12.5. The van der Waals surface area contributed by atoms with E-state index in [0.717, 1.165) is 38.2 Å². The lowest BCUT2D eigenvalue weighted by atomic mass is 10.0. The zero-order valence-electron chi connectivity index (χ0n) is 14.3. The number of hydrogen-bond donors (Lipinski definition) is 1. The highest BCUT2D eigenvalue weighted by atomic mass is 32.2. The molecule has 1 aliphatic heterocycles. The van der Waals surface area contributed by atoms with E-state index in [4.69, 9.17) is 0 Å². The number of benzene rings is 1. The predicted molar refractivity (Wildman–Crippen MR) is 92.9 cm³/mol. The number of carbonyl (C=O) groups excluding carboxylic acids is 1. The van der Waals surface area contributed by atoms with E-state index in [9.17, 15) is 17.6 Å². The first-order valence-corrected chi connectivity index (χ1v) is 10.5. The SMILES string of the molecule is O=C1NCCCCCCN(S(=O)(=O)c2cccc(F)c2)[C@H]2CCC[C@@H]12. The van der Waals surface area contributed by atoms with E-state index in [1.165, 1.54) is 22.5 Å². The summed E-state index contributed by atoms with van der Waals surface area (Å²) in [7, 11) is -3.83. The highest BCUT2D eigenvalue weighted by molar-refractivity contribution is 7.89. The summed E-state index contributed by atoms with van der Waals surface area (Å²) in [6.45, 7) is 1.03. The van der Waals surface area contributed by atoms with Gasteiger partial charge in [-0.15, -0.1) is 0 Å². The van der Waals surface area contributed by atoms with Crippen LogP contribution in [0.5, 0.6) is 0 Å². The zero-order valence-corrected chi connectivity index (χ0v) is 15.1. The van der Waals surface area contributed by atoms with Crippen LogP contribution in [-0.4, -0.2) is 37.8 Å². The zero-order chi connectivity index (χ0) is 17.9. The molecule has 25 heavy (non-hydrogen) atoms. The fourth-order valence-corrected chi connectivity index (χ4v) is 5.67. The third-order valence-corrected chi connectivity index (χ3v) is 7.11. The molecule has 0 radical (unpaired) electrons. The largest absolute Gasteiger partial charge is 0.356 e. The van der Waals surface area contributed by atoms with Crippen LogP contribution in [0.4, 0.5) is 4.39 Å². The van der Waals surface area contributed by atoms with Crippen molar-refractivity contribution < 1.29 is 17.6 Å². The Hall–Kier alpha value is -1.47. The van der Waals surface area contributed by atoms with Crippen LogP contribution < -0.4 is 5.32 Å². The monoisotopic (exact) mass is 368 g/mol. The molecule has 1 N–H and O–H groups in total. The molecule has 0 unspecified atom stereocenters. The highest BCUT2D eigenvalue weighted by Crippen LogP contribution is 2.34. The number of carbonyl (C=O) groups is 1. The minimum Gasteiger partial charge on any atom is -0.356 e. The molecule has 0 bridgehead atoms. The minimum atomic E-state index is -3.83. The van der Waals surface area contributed by atoms with Gasteiger partial charge in [-0.2, -0.15) is 4.31 Å². The number of fused-ring (bicyclic) bond motifs is 1. The maximum Gasteiger partial charge on any atom is 0.243 e. The van der Waals surface area contributed by atoms with Crippen molar-refractivity contribution in [3.05, 3.63) is 30.1 Å². The van der Waals surface area contributed by atoms with Gasteiger partial charge in [0, 0.05) is 19.1 Å². The minimum absolute atomic E-state index is 0.0339. The molecule has 1 amide bonds. The van der Waals surface area contributed by atoms with Gasteiger partial charge in [-0.25, -0.2) is 12.8 Å². The maximum absolute atomic E-state index is 13.6. The molecule has 1 heterocycles. The topological polar surface area (TPSA) is 66.5 Å². The van der Waals surface area contributed by atoms with E-state index in [-0.39, 0.29) is 22.8 Å². The fraction of sp³-hybridized carbons (Fsp3) is 0.611. The summed E-state index contributed by atoms with van der Waals surface area (Å²) < 4.78 is 41.4. The number of amides is 1. The van der Waals surface area contributed by atoms with Crippen LogP contribution in [-0.2, 0) is 14.8 Å². The Labute approximate surface area is 148 Å². The van der Waals surface area contributed by atoms with Gasteiger partial charge in [0.15, 0.2) is 0 Å². The van der Waals surface area contributed by atoms with Crippen LogP contribution in [0.1, 0.15) is 44.9 Å². The second-order valence-corrected chi connectivity index (χ2v) is 8.77. The summed E-state index contributed by atoms with van der Waals surface area (Å²) in [5.41, 5.74) is 0. The summed E-state index contributed by atoms with van der Waals surface area (Å²) >= 11 is 0. The molecule has 1 aromatic rings. The van der Waals surface area contributed by atoms with Crippen molar-refractivity contribution in [1.29, 1.82) is 0 Å². The van der Waals surface area contributed by atoms with Gasteiger partial charge >= 0.3 is 0 Å². The number of nitrogens with zero attached hydrogens (tertiary/aromatic N) is 1. The van der Waals surface area contributed by atoms with Gasteiger partial charge in [-0.05, 0) is 43.9 Å². The van der Waals surface area contributed by atoms with E-state index in [0.29, 0.717) is 25.9 Å². The average molecular weight is 368 g/mol. The first-order chi connectivity index (χ1) is 12.0. The smallest absolute Gasteiger partial charge is 0.243 e. The molecule has 3 rings (SSSR count).